The molecular weight excluding hydrogens is 228 g/mol. The van der Waals surface area contributed by atoms with Gasteiger partial charge in [0, 0.05) is 25.3 Å². The number of carbonyl (C=O) groups is 1. The van der Waals surface area contributed by atoms with Crippen LogP contribution >= 0.6 is 0 Å². The summed E-state index contributed by atoms with van der Waals surface area (Å²) in [6.07, 6.45) is 0. The van der Waals surface area contributed by atoms with Crippen molar-refractivity contribution in [3.05, 3.63) is 17.0 Å². The highest BCUT2D eigenvalue weighted by molar-refractivity contribution is 5.79. The maximum atomic E-state index is 11.7. The summed E-state index contributed by atoms with van der Waals surface area (Å²) >= 11 is 0. The summed E-state index contributed by atoms with van der Waals surface area (Å²) in [7, 11) is 0. The molecule has 5 nitrogen and oxygen atoms in total. The number of aromatic nitrogens is 2. The van der Waals surface area contributed by atoms with Crippen molar-refractivity contribution in [3.63, 3.8) is 0 Å². The Morgan fingerprint density at radius 2 is 2.17 bits per heavy atom. The van der Waals surface area contributed by atoms with Crippen LogP contribution in [0.3, 0.4) is 0 Å². The molecule has 0 aliphatic carbocycles. The highest BCUT2D eigenvalue weighted by atomic mass is 16.2. The van der Waals surface area contributed by atoms with Crippen LogP contribution < -0.4 is 10.6 Å². The van der Waals surface area contributed by atoms with Crippen molar-refractivity contribution < 1.29 is 4.79 Å². The van der Waals surface area contributed by atoms with E-state index in [1.54, 1.807) is 0 Å². The van der Waals surface area contributed by atoms with Crippen LogP contribution in [0.25, 0.3) is 0 Å². The van der Waals surface area contributed by atoms with Gasteiger partial charge in [-0.25, -0.2) is 0 Å². The molecule has 0 saturated carbocycles. The van der Waals surface area contributed by atoms with Crippen LogP contribution in [-0.2, 0) is 4.79 Å². The molecule has 0 aromatic carbocycles. The zero-order chi connectivity index (χ0) is 13.3. The second kappa shape index (κ2) is 5.10. The third-order valence-electron chi connectivity index (χ3n) is 3.83. The van der Waals surface area contributed by atoms with Crippen molar-refractivity contribution in [1.82, 2.24) is 20.4 Å². The zero-order valence-corrected chi connectivity index (χ0v) is 11.6. The van der Waals surface area contributed by atoms with Crippen LogP contribution in [0.2, 0.25) is 0 Å². The first-order valence-electron chi connectivity index (χ1n) is 6.51. The second-order valence-corrected chi connectivity index (χ2v) is 5.19. The van der Waals surface area contributed by atoms with E-state index in [1.165, 1.54) is 11.3 Å². The van der Waals surface area contributed by atoms with E-state index in [4.69, 9.17) is 0 Å². The predicted octanol–water partition coefficient (Wildman–Crippen LogP) is 0.705. The third-order valence-corrected chi connectivity index (χ3v) is 3.83. The third kappa shape index (κ3) is 2.41. The number of nitrogens with one attached hydrogen (secondary N) is 2. The maximum Gasteiger partial charge on any atom is 0.225 e. The molecule has 100 valence electrons. The number of carbonyl (C=O) groups excluding carboxylic acids is 1. The Morgan fingerprint density at radius 1 is 1.50 bits per heavy atom. The smallest absolute Gasteiger partial charge is 0.225 e. The van der Waals surface area contributed by atoms with E-state index in [0.29, 0.717) is 6.54 Å². The van der Waals surface area contributed by atoms with E-state index < -0.39 is 0 Å². The summed E-state index contributed by atoms with van der Waals surface area (Å²) in [5, 5.41) is 10.6. The molecule has 0 spiro atoms. The molecule has 1 amide bonds. The number of nitrogens with zero attached hydrogens (tertiary/aromatic N) is 2. The first kappa shape index (κ1) is 13.1. The molecule has 18 heavy (non-hydrogen) atoms. The van der Waals surface area contributed by atoms with Crippen LogP contribution in [-0.4, -0.2) is 35.3 Å². The number of rotatable bonds is 4. The predicted molar refractivity (Wildman–Crippen MR) is 70.5 cm³/mol. The molecule has 1 aliphatic heterocycles. The van der Waals surface area contributed by atoms with Gasteiger partial charge in [0.05, 0.1) is 17.7 Å². The lowest BCUT2D eigenvalue weighted by Gasteiger charge is -2.26. The maximum absolute atomic E-state index is 11.7. The minimum atomic E-state index is 0.152. The van der Waals surface area contributed by atoms with Gasteiger partial charge in [-0.15, -0.1) is 0 Å². The number of hydrogen-bond acceptors (Lipinski definition) is 3. The fourth-order valence-corrected chi connectivity index (χ4v) is 2.13. The SMILES string of the molecule is Cc1nn(C(C)CNC(=O)C2CNC2)c(C)c1C. The summed E-state index contributed by atoms with van der Waals surface area (Å²) in [6, 6.07) is 0.189. The lowest BCUT2D eigenvalue weighted by atomic mass is 10.0. The Hall–Kier alpha value is -1.36. The topological polar surface area (TPSA) is 59.0 Å². The monoisotopic (exact) mass is 250 g/mol. The summed E-state index contributed by atoms with van der Waals surface area (Å²) < 4.78 is 2.00. The van der Waals surface area contributed by atoms with Gasteiger partial charge in [0.25, 0.3) is 0 Å². The van der Waals surface area contributed by atoms with Crippen molar-refractivity contribution in [3.8, 4) is 0 Å². The van der Waals surface area contributed by atoms with Gasteiger partial charge in [-0.1, -0.05) is 0 Å². The van der Waals surface area contributed by atoms with Gasteiger partial charge in [-0.3, -0.25) is 9.48 Å². The van der Waals surface area contributed by atoms with E-state index in [2.05, 4.69) is 36.5 Å². The fraction of sp³-hybridized carbons (Fsp3) is 0.692. The number of aryl methyl sites for hydroxylation is 1. The van der Waals surface area contributed by atoms with Gasteiger partial charge in [0.1, 0.15) is 0 Å². The normalized spacial score (nSPS) is 17.3. The molecule has 1 aliphatic rings. The molecule has 1 aromatic heterocycles. The van der Waals surface area contributed by atoms with Gasteiger partial charge in [0.15, 0.2) is 0 Å². The molecule has 0 radical (unpaired) electrons. The molecular formula is C13H22N4O. The number of amides is 1. The van der Waals surface area contributed by atoms with Crippen molar-refractivity contribution in [2.45, 2.75) is 33.7 Å². The Kier molecular flexibility index (Phi) is 3.71. The first-order valence-corrected chi connectivity index (χ1v) is 6.51. The zero-order valence-electron chi connectivity index (χ0n) is 11.6. The van der Waals surface area contributed by atoms with E-state index in [1.807, 2.05) is 11.6 Å². The summed E-state index contributed by atoms with van der Waals surface area (Å²) in [5.41, 5.74) is 3.48. The van der Waals surface area contributed by atoms with Crippen LogP contribution in [0.1, 0.15) is 29.9 Å². The highest BCUT2D eigenvalue weighted by Gasteiger charge is 2.25. The summed E-state index contributed by atoms with van der Waals surface area (Å²) in [6.45, 7) is 10.5. The Labute approximate surface area is 108 Å². The molecule has 1 atom stereocenters. The second-order valence-electron chi connectivity index (χ2n) is 5.19. The van der Waals surface area contributed by atoms with Gasteiger partial charge in [0.2, 0.25) is 5.91 Å². The molecule has 2 N–H and O–H groups in total. The average molecular weight is 250 g/mol. The standard InChI is InChI=1S/C13H22N4O/c1-8(5-15-13(18)12-6-14-7-12)17-11(4)9(2)10(3)16-17/h8,12,14H,5-7H2,1-4H3,(H,15,18). The lowest BCUT2D eigenvalue weighted by Crippen LogP contribution is -2.51. The van der Waals surface area contributed by atoms with Crippen molar-refractivity contribution >= 4 is 5.91 Å². The van der Waals surface area contributed by atoms with Crippen LogP contribution in [0.4, 0.5) is 0 Å². The van der Waals surface area contributed by atoms with E-state index >= 15 is 0 Å². The van der Waals surface area contributed by atoms with Gasteiger partial charge in [-0.05, 0) is 33.3 Å². The highest BCUT2D eigenvalue weighted by Crippen LogP contribution is 2.15. The number of hydrogen-bond donors (Lipinski definition) is 2. The largest absolute Gasteiger partial charge is 0.354 e. The quantitative estimate of drug-likeness (QED) is 0.827. The summed E-state index contributed by atoms with van der Waals surface area (Å²) in [5.74, 6) is 0.304. The molecule has 0 bridgehead atoms. The van der Waals surface area contributed by atoms with Crippen LogP contribution in [0, 0.1) is 26.7 Å². The van der Waals surface area contributed by atoms with E-state index in [9.17, 15) is 4.79 Å². The van der Waals surface area contributed by atoms with E-state index in [0.717, 1.165) is 18.8 Å². The lowest BCUT2D eigenvalue weighted by molar-refractivity contribution is -0.126. The average Bonchev–Trinajstić information content (AvgIpc) is 2.51. The van der Waals surface area contributed by atoms with Crippen molar-refractivity contribution in [2.75, 3.05) is 19.6 Å². The minimum absolute atomic E-state index is 0.152. The molecule has 2 rings (SSSR count). The molecule has 2 heterocycles. The van der Waals surface area contributed by atoms with Crippen molar-refractivity contribution in [2.24, 2.45) is 5.92 Å². The van der Waals surface area contributed by atoms with Crippen LogP contribution in [0.15, 0.2) is 0 Å². The molecule has 5 heteroatoms. The van der Waals surface area contributed by atoms with Gasteiger partial charge >= 0.3 is 0 Å². The Morgan fingerprint density at radius 3 is 2.61 bits per heavy atom. The van der Waals surface area contributed by atoms with E-state index in [-0.39, 0.29) is 17.9 Å². The Balaban J connectivity index is 1.92. The Bertz CT molecular complexity index is 448. The molecule has 1 saturated heterocycles. The summed E-state index contributed by atoms with van der Waals surface area (Å²) in [4.78, 5) is 11.7. The minimum Gasteiger partial charge on any atom is -0.354 e. The molecule has 1 unspecified atom stereocenters. The van der Waals surface area contributed by atoms with Gasteiger partial charge < -0.3 is 10.6 Å². The fourth-order valence-electron chi connectivity index (χ4n) is 2.13. The van der Waals surface area contributed by atoms with Gasteiger partial charge in [-0.2, -0.15) is 5.10 Å². The van der Waals surface area contributed by atoms with Crippen LogP contribution in [0.5, 0.6) is 0 Å². The van der Waals surface area contributed by atoms with Crippen molar-refractivity contribution in [1.29, 1.82) is 0 Å². The molecule has 1 aromatic rings. The molecule has 1 fully saturated rings. The first-order chi connectivity index (χ1) is 8.50.